The predicted molar refractivity (Wildman–Crippen MR) is 121 cm³/mol. The first-order valence-corrected chi connectivity index (χ1v) is 12.3. The van der Waals surface area contributed by atoms with Crippen LogP contribution < -0.4 is 0 Å². The maximum Gasteiger partial charge on any atom is 0.114 e. The van der Waals surface area contributed by atoms with Crippen molar-refractivity contribution in [2.45, 2.75) is 80.9 Å². The van der Waals surface area contributed by atoms with Crippen molar-refractivity contribution < 1.29 is 14.6 Å². The summed E-state index contributed by atoms with van der Waals surface area (Å²) in [5.74, 6) is 1.04. The van der Waals surface area contributed by atoms with E-state index < -0.39 is 6.10 Å². The summed E-state index contributed by atoms with van der Waals surface area (Å²) in [5, 5.41) is 13.1. The Morgan fingerprint density at radius 1 is 1.12 bits per heavy atom. The van der Waals surface area contributed by atoms with E-state index in [-0.39, 0.29) is 28.8 Å². The highest BCUT2D eigenvalue weighted by Gasteiger charge is 2.70. The first-order valence-electron chi connectivity index (χ1n) is 12.3. The Hall–Kier alpha value is -2.01. The topological polar surface area (TPSA) is 54.9 Å². The van der Waals surface area contributed by atoms with Gasteiger partial charge in [-0.3, -0.25) is 4.98 Å². The maximum atomic E-state index is 10.6. The standard InChI is InChI=1S/C28H29NO3/c1-26-8-6-19-13-21-24-25(31-24)22(30)14-27(21)9-10-28(19,32-27)23(26)5-4-20(26)17-3-2-16-7-11-29-15-18(16)12-17/h2-3,6-7,11-13,15,20,22-25,30H,4-5,8-10,14H2,1H3/t20-,22+,23-,24-,25?,26-,27-,28?/m1/s1. The number of epoxide rings is 1. The number of allylic oxidation sites excluding steroid dienone is 1. The van der Waals surface area contributed by atoms with Crippen LogP contribution in [0, 0.1) is 11.3 Å². The van der Waals surface area contributed by atoms with Gasteiger partial charge in [0.2, 0.25) is 0 Å². The van der Waals surface area contributed by atoms with Gasteiger partial charge in [0.15, 0.2) is 0 Å². The molecule has 2 saturated heterocycles. The van der Waals surface area contributed by atoms with E-state index in [9.17, 15) is 5.11 Å². The van der Waals surface area contributed by atoms with Gasteiger partial charge in [-0.1, -0.05) is 31.2 Å². The number of fused-ring (bicyclic) bond motifs is 4. The molecule has 164 valence electrons. The van der Waals surface area contributed by atoms with E-state index in [4.69, 9.17) is 9.47 Å². The molecule has 1 aromatic heterocycles. The van der Waals surface area contributed by atoms with Crippen LogP contribution in [0.1, 0.15) is 56.9 Å². The van der Waals surface area contributed by atoms with E-state index in [0.717, 1.165) is 19.3 Å². The summed E-state index contributed by atoms with van der Waals surface area (Å²) >= 11 is 0. The van der Waals surface area contributed by atoms with Crippen LogP contribution in [-0.2, 0) is 9.47 Å². The molecule has 4 heteroatoms. The van der Waals surface area contributed by atoms with Crippen molar-refractivity contribution in [2.75, 3.05) is 0 Å². The Morgan fingerprint density at radius 2 is 2.06 bits per heavy atom. The third-order valence-electron chi connectivity index (χ3n) is 10.1. The zero-order valence-corrected chi connectivity index (χ0v) is 18.5. The van der Waals surface area contributed by atoms with Gasteiger partial charge in [0.1, 0.15) is 12.2 Å². The summed E-state index contributed by atoms with van der Waals surface area (Å²) < 4.78 is 13.1. The lowest BCUT2D eigenvalue weighted by atomic mass is 9.58. The molecule has 2 saturated carbocycles. The van der Waals surface area contributed by atoms with Crippen LogP contribution in [0.2, 0.25) is 0 Å². The fourth-order valence-electron chi connectivity index (χ4n) is 8.55. The molecule has 2 spiro atoms. The summed E-state index contributed by atoms with van der Waals surface area (Å²) in [6.07, 6.45) is 14.7. The zero-order chi connectivity index (χ0) is 21.3. The molecule has 2 bridgehead atoms. The van der Waals surface area contributed by atoms with Gasteiger partial charge in [-0.25, -0.2) is 0 Å². The van der Waals surface area contributed by atoms with Gasteiger partial charge in [-0.2, -0.15) is 0 Å². The second kappa shape index (κ2) is 5.72. The van der Waals surface area contributed by atoms with Gasteiger partial charge in [-0.05, 0) is 83.6 Å². The molecule has 0 amide bonds. The molecular weight excluding hydrogens is 398 g/mol. The minimum Gasteiger partial charge on any atom is -0.390 e. The third kappa shape index (κ3) is 2.08. The van der Waals surface area contributed by atoms with Crippen LogP contribution in [0.15, 0.2) is 60.0 Å². The van der Waals surface area contributed by atoms with Gasteiger partial charge in [0.25, 0.3) is 0 Å². The highest BCUT2D eigenvalue weighted by atomic mass is 16.6. The van der Waals surface area contributed by atoms with Crippen molar-refractivity contribution in [1.82, 2.24) is 4.98 Å². The number of hydrogen-bond donors (Lipinski definition) is 1. The van der Waals surface area contributed by atoms with Crippen LogP contribution in [0.25, 0.3) is 10.8 Å². The molecule has 4 heterocycles. The number of aliphatic hydroxyl groups excluding tert-OH is 1. The third-order valence-corrected chi connectivity index (χ3v) is 10.1. The van der Waals surface area contributed by atoms with E-state index in [0.29, 0.717) is 18.3 Å². The molecule has 32 heavy (non-hydrogen) atoms. The van der Waals surface area contributed by atoms with Crippen LogP contribution in [0.3, 0.4) is 0 Å². The van der Waals surface area contributed by atoms with Crippen LogP contribution in [-0.4, -0.2) is 39.6 Å². The second-order valence-electron chi connectivity index (χ2n) is 11.4. The van der Waals surface area contributed by atoms with Crippen LogP contribution in [0.5, 0.6) is 0 Å². The van der Waals surface area contributed by atoms with E-state index in [1.807, 2.05) is 12.4 Å². The number of pyridine rings is 1. The van der Waals surface area contributed by atoms with Crippen molar-refractivity contribution >= 4 is 10.8 Å². The number of hydrogen-bond acceptors (Lipinski definition) is 4. The van der Waals surface area contributed by atoms with Gasteiger partial charge in [-0.15, -0.1) is 0 Å². The maximum absolute atomic E-state index is 10.6. The van der Waals surface area contributed by atoms with Gasteiger partial charge >= 0.3 is 0 Å². The molecule has 8 atom stereocenters. The molecule has 6 aliphatic rings. The SMILES string of the molecule is C[C@]12CC=C3C=C4[C@H]5OC5[C@@H](O)C[C@]45CCC3(O5)[C@@H]1CC[C@@H]2c1ccc2ccncc2c1. The fourth-order valence-corrected chi connectivity index (χ4v) is 8.55. The smallest absolute Gasteiger partial charge is 0.114 e. The fraction of sp³-hybridized carbons (Fsp3) is 0.536. The van der Waals surface area contributed by atoms with Crippen molar-refractivity contribution in [3.63, 3.8) is 0 Å². The molecule has 1 aromatic carbocycles. The molecular formula is C28H29NO3. The molecule has 8 rings (SSSR count). The summed E-state index contributed by atoms with van der Waals surface area (Å²) in [6.45, 7) is 2.51. The average Bonchev–Trinajstić information content (AvgIpc) is 3.44. The molecule has 4 fully saturated rings. The lowest BCUT2D eigenvalue weighted by Crippen LogP contribution is -2.55. The number of aliphatic hydroxyl groups is 1. The van der Waals surface area contributed by atoms with Gasteiger partial charge in [0, 0.05) is 24.2 Å². The number of ether oxygens (including phenoxy) is 2. The van der Waals surface area contributed by atoms with Crippen molar-refractivity contribution in [3.05, 3.63) is 65.5 Å². The van der Waals surface area contributed by atoms with E-state index >= 15 is 0 Å². The number of aromatic nitrogens is 1. The van der Waals surface area contributed by atoms with Crippen molar-refractivity contribution in [2.24, 2.45) is 11.3 Å². The summed E-state index contributed by atoms with van der Waals surface area (Å²) in [5.41, 5.74) is 3.85. The zero-order valence-electron chi connectivity index (χ0n) is 18.5. The highest BCUT2D eigenvalue weighted by molar-refractivity contribution is 5.82. The Morgan fingerprint density at radius 3 is 3.00 bits per heavy atom. The minimum atomic E-state index is -0.393. The van der Waals surface area contributed by atoms with Gasteiger partial charge < -0.3 is 14.6 Å². The first kappa shape index (κ1) is 18.4. The minimum absolute atomic E-state index is 0.00344. The number of benzene rings is 1. The molecule has 2 unspecified atom stereocenters. The summed E-state index contributed by atoms with van der Waals surface area (Å²) in [4.78, 5) is 4.35. The molecule has 3 aliphatic heterocycles. The van der Waals surface area contributed by atoms with E-state index in [2.05, 4.69) is 48.3 Å². The summed E-state index contributed by atoms with van der Waals surface area (Å²) in [6, 6.07) is 9.07. The van der Waals surface area contributed by atoms with E-state index in [1.165, 1.54) is 40.3 Å². The Kier molecular flexibility index (Phi) is 3.30. The monoisotopic (exact) mass is 427 g/mol. The van der Waals surface area contributed by atoms with Crippen molar-refractivity contribution in [3.8, 4) is 0 Å². The molecule has 1 N–H and O–H groups in total. The predicted octanol–water partition coefficient (Wildman–Crippen LogP) is 4.82. The molecule has 3 aliphatic carbocycles. The number of rotatable bonds is 1. The first-order chi connectivity index (χ1) is 15.5. The number of nitrogens with zero attached hydrogens (tertiary/aromatic N) is 1. The highest BCUT2D eigenvalue weighted by Crippen LogP contribution is 2.70. The quantitative estimate of drug-likeness (QED) is 0.663. The van der Waals surface area contributed by atoms with Crippen LogP contribution >= 0.6 is 0 Å². The second-order valence-corrected chi connectivity index (χ2v) is 11.4. The lowest BCUT2D eigenvalue weighted by Gasteiger charge is -2.53. The molecule has 0 radical (unpaired) electrons. The summed E-state index contributed by atoms with van der Waals surface area (Å²) in [7, 11) is 0. The van der Waals surface area contributed by atoms with E-state index in [1.54, 1.807) is 0 Å². The molecule has 4 nitrogen and oxygen atoms in total. The van der Waals surface area contributed by atoms with Crippen molar-refractivity contribution in [1.29, 1.82) is 0 Å². The Labute approximate surface area is 188 Å². The van der Waals surface area contributed by atoms with Gasteiger partial charge in [0.05, 0.1) is 17.3 Å². The largest absolute Gasteiger partial charge is 0.390 e. The Balaban J connectivity index is 1.22. The normalized spacial score (nSPS) is 47.8. The molecule has 2 aromatic rings. The van der Waals surface area contributed by atoms with Crippen LogP contribution in [0.4, 0.5) is 0 Å². The lowest BCUT2D eigenvalue weighted by molar-refractivity contribution is -0.141. The Bertz CT molecular complexity index is 1230. The average molecular weight is 428 g/mol.